The van der Waals surface area contributed by atoms with Crippen LogP contribution in [0.4, 0.5) is 4.79 Å². The molecule has 1 rings (SSSR count). The quantitative estimate of drug-likeness (QED) is 0.651. The number of nitrogens with one attached hydrogen (secondary N) is 2. The maximum absolute atomic E-state index is 11.5. The van der Waals surface area contributed by atoms with Crippen molar-refractivity contribution < 1.29 is 19.5 Å². The van der Waals surface area contributed by atoms with E-state index in [0.29, 0.717) is 5.75 Å². The molecule has 1 aliphatic heterocycles. The molecule has 1 unspecified atom stereocenters. The van der Waals surface area contributed by atoms with Crippen LogP contribution in [0.3, 0.4) is 0 Å². The van der Waals surface area contributed by atoms with Gasteiger partial charge in [0, 0.05) is 12.3 Å². The van der Waals surface area contributed by atoms with Gasteiger partial charge in [-0.1, -0.05) is 11.8 Å². The lowest BCUT2D eigenvalue weighted by Crippen LogP contribution is -2.47. The Morgan fingerprint density at radius 1 is 1.62 bits per heavy atom. The standard InChI is InChI=1S/C9H14N2O4S/c1-9(2,7(13)14)4-10-6(12)5-3-16-8(15)11-5/h5H,3-4H2,1-2H3,(H,10,12)(H,11,15)(H,13,14). The van der Waals surface area contributed by atoms with E-state index in [-0.39, 0.29) is 17.7 Å². The summed E-state index contributed by atoms with van der Waals surface area (Å²) in [4.78, 5) is 33.2. The second-order valence-electron chi connectivity index (χ2n) is 4.20. The third-order valence-corrected chi connectivity index (χ3v) is 3.15. The molecular weight excluding hydrogens is 232 g/mol. The van der Waals surface area contributed by atoms with Crippen LogP contribution in [0.1, 0.15) is 13.8 Å². The molecule has 7 heteroatoms. The Balaban J connectivity index is 2.41. The van der Waals surface area contributed by atoms with Gasteiger partial charge in [0.05, 0.1) is 5.41 Å². The molecule has 0 aromatic rings. The highest BCUT2D eigenvalue weighted by Crippen LogP contribution is 2.15. The Bertz CT molecular complexity index is 329. The summed E-state index contributed by atoms with van der Waals surface area (Å²) < 4.78 is 0. The van der Waals surface area contributed by atoms with Crippen LogP contribution in [-0.4, -0.2) is 40.6 Å². The normalized spacial score (nSPS) is 20.4. The number of carboxylic acids is 1. The van der Waals surface area contributed by atoms with Gasteiger partial charge in [-0.05, 0) is 13.8 Å². The summed E-state index contributed by atoms with van der Waals surface area (Å²) in [6.07, 6.45) is 0. The third kappa shape index (κ3) is 3.13. The topological polar surface area (TPSA) is 95.5 Å². The first-order valence-electron chi connectivity index (χ1n) is 4.77. The molecule has 0 spiro atoms. The van der Waals surface area contributed by atoms with Crippen molar-refractivity contribution in [3.05, 3.63) is 0 Å². The van der Waals surface area contributed by atoms with Crippen molar-refractivity contribution in [3.8, 4) is 0 Å². The molecule has 1 fully saturated rings. The first kappa shape index (κ1) is 12.8. The number of hydrogen-bond acceptors (Lipinski definition) is 4. The van der Waals surface area contributed by atoms with Gasteiger partial charge in [0.2, 0.25) is 5.91 Å². The van der Waals surface area contributed by atoms with Crippen LogP contribution in [0.25, 0.3) is 0 Å². The molecule has 1 saturated heterocycles. The highest BCUT2D eigenvalue weighted by Gasteiger charge is 2.31. The minimum Gasteiger partial charge on any atom is -0.481 e. The Hall–Kier alpha value is -1.24. The molecule has 1 heterocycles. The van der Waals surface area contributed by atoms with E-state index < -0.39 is 17.4 Å². The minimum atomic E-state index is -1.01. The first-order valence-corrected chi connectivity index (χ1v) is 5.76. The number of hydrogen-bond donors (Lipinski definition) is 3. The first-order chi connectivity index (χ1) is 7.33. The molecule has 0 aliphatic carbocycles. The third-order valence-electron chi connectivity index (χ3n) is 2.27. The van der Waals surface area contributed by atoms with Crippen LogP contribution in [0.15, 0.2) is 0 Å². The molecule has 0 bridgehead atoms. The summed E-state index contributed by atoms with van der Waals surface area (Å²) in [6, 6.07) is -0.554. The second kappa shape index (κ2) is 4.73. The van der Waals surface area contributed by atoms with E-state index in [1.165, 1.54) is 13.8 Å². The minimum absolute atomic E-state index is 0.0399. The van der Waals surface area contributed by atoms with E-state index in [1.54, 1.807) is 0 Å². The maximum Gasteiger partial charge on any atom is 0.310 e. The van der Waals surface area contributed by atoms with Gasteiger partial charge in [0.25, 0.3) is 5.24 Å². The van der Waals surface area contributed by atoms with Crippen LogP contribution in [0, 0.1) is 5.41 Å². The van der Waals surface area contributed by atoms with Gasteiger partial charge in [-0.15, -0.1) is 0 Å². The van der Waals surface area contributed by atoms with Crippen LogP contribution >= 0.6 is 11.8 Å². The SMILES string of the molecule is CC(C)(CNC(=O)C1CSC(=O)N1)C(=O)O. The van der Waals surface area contributed by atoms with Crippen LogP contribution in [0.5, 0.6) is 0 Å². The van der Waals surface area contributed by atoms with E-state index in [1.807, 2.05) is 0 Å². The Morgan fingerprint density at radius 2 is 2.25 bits per heavy atom. The van der Waals surface area contributed by atoms with Crippen molar-refractivity contribution in [2.45, 2.75) is 19.9 Å². The molecule has 2 amide bonds. The monoisotopic (exact) mass is 246 g/mol. The van der Waals surface area contributed by atoms with Crippen molar-refractivity contribution in [3.63, 3.8) is 0 Å². The van der Waals surface area contributed by atoms with Crippen LogP contribution in [0.2, 0.25) is 0 Å². The van der Waals surface area contributed by atoms with E-state index in [4.69, 9.17) is 5.11 Å². The lowest BCUT2D eigenvalue weighted by Gasteiger charge is -2.20. The van der Waals surface area contributed by atoms with E-state index >= 15 is 0 Å². The van der Waals surface area contributed by atoms with Gasteiger partial charge >= 0.3 is 5.97 Å². The van der Waals surface area contributed by atoms with Gasteiger partial charge in [-0.2, -0.15) is 0 Å². The summed E-state index contributed by atoms with van der Waals surface area (Å²) in [5.74, 6) is -0.927. The molecule has 6 nitrogen and oxygen atoms in total. The molecule has 90 valence electrons. The van der Waals surface area contributed by atoms with Crippen molar-refractivity contribution in [1.82, 2.24) is 10.6 Å². The molecule has 1 aliphatic rings. The Morgan fingerprint density at radius 3 is 2.69 bits per heavy atom. The van der Waals surface area contributed by atoms with Crippen molar-refractivity contribution in [2.75, 3.05) is 12.3 Å². The predicted molar refractivity (Wildman–Crippen MR) is 59.2 cm³/mol. The molecule has 0 aromatic heterocycles. The van der Waals surface area contributed by atoms with Crippen molar-refractivity contribution >= 4 is 28.9 Å². The zero-order chi connectivity index (χ0) is 12.3. The zero-order valence-electron chi connectivity index (χ0n) is 9.07. The van der Waals surface area contributed by atoms with Gasteiger partial charge in [0.15, 0.2) is 0 Å². The summed E-state index contributed by atoms with van der Waals surface area (Å²) >= 11 is 1.05. The number of rotatable bonds is 4. The Labute approximate surface area is 97.2 Å². The molecule has 0 radical (unpaired) electrons. The van der Waals surface area contributed by atoms with Crippen LogP contribution in [-0.2, 0) is 9.59 Å². The number of carbonyl (C=O) groups is 3. The number of carboxylic acid groups (broad SMARTS) is 1. The number of aliphatic carboxylic acids is 1. The van der Waals surface area contributed by atoms with Gasteiger partial charge < -0.3 is 15.7 Å². The number of carbonyl (C=O) groups excluding carboxylic acids is 2. The molecule has 1 atom stereocenters. The molecule has 3 N–H and O–H groups in total. The van der Waals surface area contributed by atoms with Crippen molar-refractivity contribution in [1.29, 1.82) is 0 Å². The van der Waals surface area contributed by atoms with Gasteiger partial charge in [-0.25, -0.2) is 0 Å². The van der Waals surface area contributed by atoms with Gasteiger partial charge in [-0.3, -0.25) is 14.4 Å². The molecular formula is C9H14N2O4S. The highest BCUT2D eigenvalue weighted by atomic mass is 32.2. The van der Waals surface area contributed by atoms with Crippen molar-refractivity contribution in [2.24, 2.45) is 5.41 Å². The summed E-state index contributed by atoms with van der Waals surface area (Å²) in [5, 5.41) is 13.6. The second-order valence-corrected chi connectivity index (χ2v) is 5.20. The average Bonchev–Trinajstić information content (AvgIpc) is 2.61. The summed E-state index contributed by atoms with van der Waals surface area (Å²) in [7, 11) is 0. The Kier molecular flexibility index (Phi) is 3.79. The fourth-order valence-corrected chi connectivity index (χ4v) is 1.81. The van der Waals surface area contributed by atoms with Crippen LogP contribution < -0.4 is 10.6 Å². The lowest BCUT2D eigenvalue weighted by atomic mass is 9.94. The molecule has 0 aromatic carbocycles. The lowest BCUT2D eigenvalue weighted by molar-refractivity contribution is -0.146. The smallest absolute Gasteiger partial charge is 0.310 e. The highest BCUT2D eigenvalue weighted by molar-refractivity contribution is 8.14. The fraction of sp³-hybridized carbons (Fsp3) is 0.667. The largest absolute Gasteiger partial charge is 0.481 e. The van der Waals surface area contributed by atoms with E-state index in [9.17, 15) is 14.4 Å². The predicted octanol–water partition coefficient (Wildman–Crippen LogP) is 0.0384. The van der Waals surface area contributed by atoms with E-state index in [0.717, 1.165) is 11.8 Å². The number of thioether (sulfide) groups is 1. The maximum atomic E-state index is 11.5. The van der Waals surface area contributed by atoms with Gasteiger partial charge in [0.1, 0.15) is 6.04 Å². The number of amides is 2. The fourth-order valence-electron chi connectivity index (χ4n) is 1.03. The molecule has 16 heavy (non-hydrogen) atoms. The summed E-state index contributed by atoms with van der Waals surface area (Å²) in [5.41, 5.74) is -1.01. The van der Waals surface area contributed by atoms with E-state index in [2.05, 4.69) is 10.6 Å². The average molecular weight is 246 g/mol. The zero-order valence-corrected chi connectivity index (χ0v) is 9.89. The summed E-state index contributed by atoms with van der Waals surface area (Å²) in [6.45, 7) is 3.09. The molecule has 0 saturated carbocycles.